The number of aryl methyl sites for hydroxylation is 2. The molecule has 1 radical (unpaired) electrons. The van der Waals surface area contributed by atoms with Gasteiger partial charge in [0, 0.05) is 65.9 Å². The van der Waals surface area contributed by atoms with Gasteiger partial charge in [-0.15, -0.1) is 40.5 Å². The molecule has 277 valence electrons. The average Bonchev–Trinajstić information content (AvgIpc) is 3.29. The van der Waals surface area contributed by atoms with Gasteiger partial charge in [0.1, 0.15) is 0 Å². The number of aromatic nitrogens is 1. The van der Waals surface area contributed by atoms with Crippen LogP contribution in [0.25, 0.3) is 32.1 Å². The van der Waals surface area contributed by atoms with Crippen molar-refractivity contribution in [2.24, 2.45) is 35.5 Å². The Hall–Kier alpha value is -2.54. The molecule has 2 aromatic heterocycles. The summed E-state index contributed by atoms with van der Waals surface area (Å²) in [6, 6.07) is 15.7. The zero-order valence-corrected chi connectivity index (χ0v) is 34.9. The second-order valence-electron chi connectivity index (χ2n) is 15.7. The Labute approximate surface area is 315 Å². The summed E-state index contributed by atoms with van der Waals surface area (Å²) in [5, 5.41) is 13.4. The van der Waals surface area contributed by atoms with Crippen LogP contribution >= 0.6 is 11.3 Å². The number of hydrogen-bond acceptors (Lipinski definition) is 4. The van der Waals surface area contributed by atoms with E-state index in [1.54, 1.807) is 6.20 Å². The van der Waals surface area contributed by atoms with Gasteiger partial charge < -0.3 is 5.11 Å². The number of ketones is 1. The minimum Gasteiger partial charge on any atom is -0.512 e. The third kappa shape index (κ3) is 11.0. The van der Waals surface area contributed by atoms with Gasteiger partial charge in [0.2, 0.25) is 0 Å². The number of fused-ring (bicyclic) bond motifs is 2. The molecule has 0 atom stereocenters. The van der Waals surface area contributed by atoms with Gasteiger partial charge in [-0.3, -0.25) is 9.78 Å². The molecule has 1 N–H and O–H groups in total. The molecule has 0 saturated carbocycles. The Bertz CT molecular complexity index is 1750. The van der Waals surface area contributed by atoms with Gasteiger partial charge in [0.25, 0.3) is 0 Å². The van der Waals surface area contributed by atoms with E-state index < -0.39 is 12.6 Å². The van der Waals surface area contributed by atoms with Crippen LogP contribution in [0, 0.1) is 48.5 Å². The molecule has 8 heteroatoms. The number of allylic oxidation sites excluding steroid dienone is 2. The molecule has 4 rings (SSSR count). The van der Waals surface area contributed by atoms with Crippen molar-refractivity contribution in [3.63, 3.8) is 0 Å². The predicted octanol–water partition coefficient (Wildman–Crippen LogP) is 12.9. The first-order chi connectivity index (χ1) is 22.6. The number of aliphatic hydroxyl groups is 1. The summed E-state index contributed by atoms with van der Waals surface area (Å²) in [6.45, 7) is 25.0. The SMILES string of the molecule is CC(C)C(C(=O)/C=C(\O)C(C(C)C)C(C)C)C(C)C.Cc1c(CCC(F)(F)F)sc2c(-c3[c-]c4ccccc4c(C(C)(C)C)c3)nccc12.[Ir]. The number of thiophene rings is 1. The summed E-state index contributed by atoms with van der Waals surface area (Å²) < 4.78 is 39.2. The van der Waals surface area contributed by atoms with Crippen molar-refractivity contribution >= 4 is 38.0 Å². The van der Waals surface area contributed by atoms with Crippen molar-refractivity contribution in [1.29, 1.82) is 0 Å². The van der Waals surface area contributed by atoms with E-state index in [0.717, 1.165) is 42.6 Å². The zero-order valence-electron chi connectivity index (χ0n) is 31.7. The summed E-state index contributed by atoms with van der Waals surface area (Å²) in [4.78, 5) is 17.7. The number of carbonyl (C=O) groups is 1. The summed E-state index contributed by atoms with van der Waals surface area (Å²) >= 11 is 1.42. The second-order valence-corrected chi connectivity index (χ2v) is 16.8. The number of alkyl halides is 3. The van der Waals surface area contributed by atoms with Gasteiger partial charge in [-0.1, -0.05) is 105 Å². The van der Waals surface area contributed by atoms with E-state index in [2.05, 4.69) is 99.3 Å². The van der Waals surface area contributed by atoms with Crippen molar-refractivity contribution in [3.05, 3.63) is 76.5 Å². The zero-order chi connectivity index (χ0) is 37.0. The maximum absolute atomic E-state index is 12.8. The van der Waals surface area contributed by atoms with Gasteiger partial charge in [-0.2, -0.15) is 13.2 Å². The fourth-order valence-corrected chi connectivity index (χ4v) is 8.38. The largest absolute Gasteiger partial charge is 0.512 e. The van der Waals surface area contributed by atoms with Crippen molar-refractivity contribution in [2.45, 2.75) is 108 Å². The summed E-state index contributed by atoms with van der Waals surface area (Å²) in [7, 11) is 0. The average molecular weight is 887 g/mol. The molecule has 50 heavy (non-hydrogen) atoms. The molecule has 0 aliphatic rings. The molecule has 0 saturated heterocycles. The Kier molecular flexibility index (Phi) is 15.5. The molecular formula is C42H55F3IrNO2S-. The molecular weight excluding hydrogens is 832 g/mol. The number of pyridine rings is 1. The van der Waals surface area contributed by atoms with Crippen LogP contribution in [-0.2, 0) is 36.7 Å². The van der Waals surface area contributed by atoms with E-state index in [1.165, 1.54) is 23.0 Å². The first-order valence-electron chi connectivity index (χ1n) is 17.5. The standard InChI is InChI=1S/C25H23F3NS.C17H32O2.Ir/c1-15-18-10-12-29-22(23(18)30-21(15)9-11-25(26,27)28)17-13-16-7-5-6-8-19(16)20(14-17)24(2,3)4;1-10(2)16(11(3)4)14(18)9-15(19)17(12(5)6)13(7)8;/h5-8,10,12,14H,9,11H2,1-4H3;9-13,16-18H,1-8H3;/q-1;;/b;14-9-;. The Morgan fingerprint density at radius 1 is 0.900 bits per heavy atom. The number of nitrogens with zero attached hydrogens (tertiary/aromatic N) is 1. The maximum Gasteiger partial charge on any atom is 0.389 e. The fraction of sp³-hybridized carbons (Fsp3) is 0.524. The topological polar surface area (TPSA) is 50.2 Å². The first-order valence-corrected chi connectivity index (χ1v) is 18.3. The molecule has 3 nitrogen and oxygen atoms in total. The molecule has 0 fully saturated rings. The molecule has 0 unspecified atom stereocenters. The van der Waals surface area contributed by atoms with Crippen molar-refractivity contribution in [2.75, 3.05) is 0 Å². The van der Waals surface area contributed by atoms with Crippen LogP contribution in [0.15, 0.2) is 54.4 Å². The third-order valence-electron chi connectivity index (χ3n) is 9.26. The second kappa shape index (κ2) is 17.8. The van der Waals surface area contributed by atoms with Gasteiger partial charge >= 0.3 is 6.18 Å². The minimum atomic E-state index is -4.16. The van der Waals surface area contributed by atoms with E-state index in [0.29, 0.717) is 23.7 Å². The van der Waals surface area contributed by atoms with Gasteiger partial charge in [-0.05, 0) is 59.4 Å². The van der Waals surface area contributed by atoms with Crippen molar-refractivity contribution in [1.82, 2.24) is 4.98 Å². The molecule has 0 aliphatic heterocycles. The van der Waals surface area contributed by atoms with Crippen LogP contribution in [0.4, 0.5) is 13.2 Å². The Morgan fingerprint density at radius 3 is 1.98 bits per heavy atom. The summed E-state index contributed by atoms with van der Waals surface area (Å²) in [6.07, 6.45) is -1.74. The molecule has 0 bridgehead atoms. The molecule has 0 aliphatic carbocycles. The normalized spacial score (nSPS) is 12.9. The van der Waals surface area contributed by atoms with Crippen LogP contribution in [-0.4, -0.2) is 22.1 Å². The van der Waals surface area contributed by atoms with Gasteiger partial charge in [0.05, 0.1) is 5.76 Å². The number of carbonyl (C=O) groups excluding carboxylic acids is 1. The van der Waals surface area contributed by atoms with E-state index in [9.17, 15) is 23.1 Å². The van der Waals surface area contributed by atoms with Crippen LogP contribution in [0.3, 0.4) is 0 Å². The molecule has 2 heterocycles. The number of benzene rings is 2. The van der Waals surface area contributed by atoms with E-state index in [-0.39, 0.29) is 55.3 Å². The molecule has 0 spiro atoms. The van der Waals surface area contributed by atoms with E-state index >= 15 is 0 Å². The van der Waals surface area contributed by atoms with Crippen LogP contribution in [0.5, 0.6) is 0 Å². The smallest absolute Gasteiger partial charge is 0.389 e. The number of aliphatic hydroxyl groups excluding tert-OH is 1. The predicted molar refractivity (Wildman–Crippen MR) is 201 cm³/mol. The van der Waals surface area contributed by atoms with E-state index in [1.807, 2.05) is 31.2 Å². The van der Waals surface area contributed by atoms with Crippen molar-refractivity contribution < 1.29 is 43.2 Å². The molecule has 0 amide bonds. The van der Waals surface area contributed by atoms with E-state index in [4.69, 9.17) is 0 Å². The van der Waals surface area contributed by atoms with Crippen LogP contribution < -0.4 is 0 Å². The first kappa shape index (κ1) is 43.6. The minimum absolute atomic E-state index is 0. The Morgan fingerprint density at radius 2 is 1.46 bits per heavy atom. The van der Waals surface area contributed by atoms with Crippen LogP contribution in [0.2, 0.25) is 0 Å². The van der Waals surface area contributed by atoms with Gasteiger partial charge in [-0.25, -0.2) is 0 Å². The fourth-order valence-electron chi connectivity index (χ4n) is 7.08. The third-order valence-corrected chi connectivity index (χ3v) is 10.6. The van der Waals surface area contributed by atoms with Gasteiger partial charge in [0.15, 0.2) is 5.78 Å². The Balaban J connectivity index is 0.000000379. The van der Waals surface area contributed by atoms with Crippen LogP contribution in [0.1, 0.15) is 98.6 Å². The van der Waals surface area contributed by atoms with Crippen molar-refractivity contribution in [3.8, 4) is 11.3 Å². The molecule has 2 aromatic carbocycles. The maximum atomic E-state index is 12.8. The summed E-state index contributed by atoms with van der Waals surface area (Å²) in [5.74, 6) is 1.63. The number of halogens is 3. The quantitative estimate of drug-likeness (QED) is 0.0980. The molecule has 4 aromatic rings. The number of hydrogen-bond donors (Lipinski definition) is 1. The summed E-state index contributed by atoms with van der Waals surface area (Å²) in [5.41, 5.74) is 3.72. The number of rotatable bonds is 10. The monoisotopic (exact) mass is 887 g/mol.